The van der Waals surface area contributed by atoms with Gasteiger partial charge in [0.05, 0.1) is 19.4 Å². The fourth-order valence-corrected chi connectivity index (χ4v) is 2.76. The molecule has 2 aromatic rings. The van der Waals surface area contributed by atoms with Gasteiger partial charge in [0, 0.05) is 23.8 Å². The highest BCUT2D eigenvalue weighted by Crippen LogP contribution is 2.33. The lowest BCUT2D eigenvalue weighted by Gasteiger charge is -2.12. The summed E-state index contributed by atoms with van der Waals surface area (Å²) < 4.78 is 16.2. The van der Waals surface area contributed by atoms with E-state index in [1.54, 1.807) is 7.11 Å². The summed E-state index contributed by atoms with van der Waals surface area (Å²) in [5.74, 6) is 1.55. The van der Waals surface area contributed by atoms with Crippen molar-refractivity contribution in [1.82, 2.24) is 4.98 Å². The average molecular weight is 313 g/mol. The van der Waals surface area contributed by atoms with Crippen molar-refractivity contribution in [1.29, 1.82) is 0 Å². The van der Waals surface area contributed by atoms with Crippen LogP contribution in [0.25, 0.3) is 11.3 Å². The summed E-state index contributed by atoms with van der Waals surface area (Å²) in [5.41, 5.74) is 2.77. The maximum atomic E-state index is 9.52. The minimum atomic E-state index is -0.684. The lowest BCUT2D eigenvalue weighted by molar-refractivity contribution is 0.291. The lowest BCUT2D eigenvalue weighted by Crippen LogP contribution is -2.08. The molecule has 1 aromatic carbocycles. The lowest BCUT2D eigenvalue weighted by atomic mass is 9.81. The van der Waals surface area contributed by atoms with Crippen molar-refractivity contribution < 1.29 is 19.2 Å². The van der Waals surface area contributed by atoms with Crippen molar-refractivity contribution >= 4 is 7.12 Å². The Morgan fingerprint density at radius 1 is 1.30 bits per heavy atom. The van der Waals surface area contributed by atoms with E-state index in [0.717, 1.165) is 17.0 Å². The van der Waals surface area contributed by atoms with Gasteiger partial charge in [-0.3, -0.25) is 4.98 Å². The first-order chi connectivity index (χ1) is 11.2. The average Bonchev–Trinajstić information content (AvgIpc) is 3.02. The van der Waals surface area contributed by atoms with Crippen molar-refractivity contribution in [2.45, 2.75) is 19.2 Å². The number of pyridine rings is 1. The fraction of sp³-hybridized carbons (Fsp3) is 0.353. The van der Waals surface area contributed by atoms with Crippen LogP contribution >= 0.6 is 0 Å². The first-order valence-electron chi connectivity index (χ1n) is 7.79. The summed E-state index contributed by atoms with van der Waals surface area (Å²) >= 11 is 0. The third-order valence-electron chi connectivity index (χ3n) is 3.92. The highest BCUT2D eigenvalue weighted by Gasteiger charge is 2.30. The van der Waals surface area contributed by atoms with E-state index in [4.69, 9.17) is 19.1 Å². The van der Waals surface area contributed by atoms with Crippen LogP contribution in [-0.2, 0) is 4.65 Å². The van der Waals surface area contributed by atoms with E-state index in [2.05, 4.69) is 0 Å². The number of ether oxygens (including phenoxy) is 2. The molecule has 0 spiro atoms. The zero-order valence-electron chi connectivity index (χ0n) is 13.4. The van der Waals surface area contributed by atoms with Crippen LogP contribution in [0.3, 0.4) is 0 Å². The van der Waals surface area contributed by atoms with E-state index in [1.165, 1.54) is 0 Å². The summed E-state index contributed by atoms with van der Waals surface area (Å²) in [6.45, 7) is 3.02. The number of hydrogen-bond acceptors (Lipinski definition) is 5. The molecule has 0 bridgehead atoms. The zero-order valence-corrected chi connectivity index (χ0v) is 13.4. The molecule has 23 heavy (non-hydrogen) atoms. The molecule has 0 radical (unpaired) electrons. The molecule has 0 aliphatic carbocycles. The van der Waals surface area contributed by atoms with E-state index < -0.39 is 7.12 Å². The minimum Gasteiger partial charge on any atom is -0.493 e. The van der Waals surface area contributed by atoms with Gasteiger partial charge < -0.3 is 19.2 Å². The SMILES string of the molecule is CCOc1cc(-c2cccc([C@@H]3COB(O)C3)n2)ccc1OC. The van der Waals surface area contributed by atoms with E-state index in [9.17, 15) is 5.02 Å². The van der Waals surface area contributed by atoms with E-state index in [-0.39, 0.29) is 5.92 Å². The molecule has 0 amide bonds. The maximum absolute atomic E-state index is 9.52. The van der Waals surface area contributed by atoms with Gasteiger partial charge in [-0.25, -0.2) is 0 Å². The zero-order chi connectivity index (χ0) is 16.2. The number of aromatic nitrogens is 1. The summed E-state index contributed by atoms with van der Waals surface area (Å²) in [5, 5.41) is 9.52. The molecule has 0 unspecified atom stereocenters. The minimum absolute atomic E-state index is 0.134. The Morgan fingerprint density at radius 2 is 2.17 bits per heavy atom. The van der Waals surface area contributed by atoms with Crippen molar-refractivity contribution in [3.05, 3.63) is 42.1 Å². The molecule has 1 atom stereocenters. The van der Waals surface area contributed by atoms with Gasteiger partial charge in [0.25, 0.3) is 0 Å². The first-order valence-corrected chi connectivity index (χ1v) is 7.79. The highest BCUT2D eigenvalue weighted by molar-refractivity contribution is 6.43. The molecule has 120 valence electrons. The monoisotopic (exact) mass is 313 g/mol. The molecule has 3 rings (SSSR count). The number of benzene rings is 1. The van der Waals surface area contributed by atoms with Crippen LogP contribution in [0.5, 0.6) is 11.5 Å². The van der Waals surface area contributed by atoms with Crippen molar-refractivity contribution in [3.63, 3.8) is 0 Å². The summed E-state index contributed by atoms with van der Waals surface area (Å²) in [6, 6.07) is 11.7. The first kappa shape index (κ1) is 15.8. The van der Waals surface area contributed by atoms with Crippen LogP contribution in [-0.4, -0.2) is 37.4 Å². The maximum Gasteiger partial charge on any atom is 0.454 e. The highest BCUT2D eigenvalue weighted by atomic mass is 16.5. The third-order valence-corrected chi connectivity index (χ3v) is 3.92. The van der Waals surface area contributed by atoms with Crippen molar-refractivity contribution in [2.75, 3.05) is 20.3 Å². The number of hydrogen-bond donors (Lipinski definition) is 1. The number of methoxy groups -OCH3 is 1. The van der Waals surface area contributed by atoms with Gasteiger partial charge in [-0.2, -0.15) is 0 Å². The summed E-state index contributed by atoms with van der Waals surface area (Å²) in [7, 11) is 0.943. The van der Waals surface area contributed by atoms with Crippen LogP contribution in [0, 0.1) is 0 Å². The van der Waals surface area contributed by atoms with E-state index in [0.29, 0.717) is 31.0 Å². The molecule has 1 aliphatic heterocycles. The molecule has 1 fully saturated rings. The second-order valence-corrected chi connectivity index (χ2v) is 5.47. The molecule has 6 heteroatoms. The number of nitrogens with zero attached hydrogens (tertiary/aromatic N) is 1. The van der Waals surface area contributed by atoms with Gasteiger partial charge in [-0.1, -0.05) is 6.07 Å². The van der Waals surface area contributed by atoms with E-state index >= 15 is 0 Å². The van der Waals surface area contributed by atoms with Gasteiger partial charge >= 0.3 is 7.12 Å². The van der Waals surface area contributed by atoms with Gasteiger partial charge in [0.15, 0.2) is 11.5 Å². The standard InChI is InChI=1S/C17H20BNO4/c1-3-22-17-9-12(7-8-16(17)21-2)14-5-4-6-15(19-14)13-10-18(20)23-11-13/h4-9,13,20H,3,10-11H2,1-2H3/t13-/m0/s1. The quantitative estimate of drug-likeness (QED) is 0.860. The predicted molar refractivity (Wildman–Crippen MR) is 88.9 cm³/mol. The normalized spacial score (nSPS) is 17.3. The molecule has 0 saturated carbocycles. The molecule has 5 nitrogen and oxygen atoms in total. The Morgan fingerprint density at radius 3 is 2.87 bits per heavy atom. The van der Waals surface area contributed by atoms with Gasteiger partial charge in [0.1, 0.15) is 0 Å². The fourth-order valence-electron chi connectivity index (χ4n) is 2.76. The largest absolute Gasteiger partial charge is 0.493 e. The molecule has 1 saturated heterocycles. The molecule has 2 heterocycles. The van der Waals surface area contributed by atoms with Crippen LogP contribution in [0.15, 0.2) is 36.4 Å². The molecular formula is C17H20BNO4. The predicted octanol–water partition coefficient (Wildman–Crippen LogP) is 2.75. The van der Waals surface area contributed by atoms with Crippen LogP contribution < -0.4 is 9.47 Å². The third kappa shape index (κ3) is 3.49. The Labute approximate surface area is 136 Å². The van der Waals surface area contributed by atoms with Crippen LogP contribution in [0.2, 0.25) is 6.32 Å². The topological polar surface area (TPSA) is 60.8 Å². The van der Waals surface area contributed by atoms with Gasteiger partial charge in [-0.15, -0.1) is 0 Å². The Bertz CT molecular complexity index is 679. The Kier molecular flexibility index (Phi) is 4.83. The summed E-state index contributed by atoms with van der Waals surface area (Å²) in [6.07, 6.45) is 0.587. The smallest absolute Gasteiger partial charge is 0.454 e. The van der Waals surface area contributed by atoms with Gasteiger partial charge in [-0.05, 0) is 43.6 Å². The van der Waals surface area contributed by atoms with E-state index in [1.807, 2.05) is 43.3 Å². The molecule has 1 N–H and O–H groups in total. The Balaban J connectivity index is 1.91. The van der Waals surface area contributed by atoms with Crippen molar-refractivity contribution in [2.24, 2.45) is 0 Å². The van der Waals surface area contributed by atoms with Gasteiger partial charge in [0.2, 0.25) is 0 Å². The Hall–Kier alpha value is -2.05. The van der Waals surface area contributed by atoms with Crippen LogP contribution in [0.1, 0.15) is 18.5 Å². The van der Waals surface area contributed by atoms with Crippen LogP contribution in [0.4, 0.5) is 0 Å². The second-order valence-electron chi connectivity index (χ2n) is 5.47. The molecule has 1 aromatic heterocycles. The second kappa shape index (κ2) is 7.02. The summed E-state index contributed by atoms with van der Waals surface area (Å²) in [4.78, 5) is 4.73. The molecule has 1 aliphatic rings. The number of rotatable bonds is 5. The molecular weight excluding hydrogens is 293 g/mol. The van der Waals surface area contributed by atoms with Crippen molar-refractivity contribution in [3.8, 4) is 22.8 Å².